The standard InChI is InChI=1S/C13H17BrN2/c14-11-3-1-2-4-12(11)15-13-9-16-7-5-10(13)6-8-16/h1-4,10,13,15H,5-9H2. The zero-order valence-corrected chi connectivity index (χ0v) is 10.9. The van der Waals surface area contributed by atoms with E-state index in [0.717, 1.165) is 5.92 Å². The van der Waals surface area contributed by atoms with Crippen molar-refractivity contribution >= 4 is 21.6 Å². The summed E-state index contributed by atoms with van der Waals surface area (Å²) in [4.78, 5) is 2.58. The summed E-state index contributed by atoms with van der Waals surface area (Å²) in [5, 5.41) is 3.69. The number of piperidine rings is 3. The maximum Gasteiger partial charge on any atom is 0.0487 e. The summed E-state index contributed by atoms with van der Waals surface area (Å²) >= 11 is 3.60. The van der Waals surface area contributed by atoms with Crippen molar-refractivity contribution in [2.24, 2.45) is 5.92 Å². The molecule has 0 amide bonds. The van der Waals surface area contributed by atoms with Crippen molar-refractivity contribution in [3.63, 3.8) is 0 Å². The number of hydrogen-bond donors (Lipinski definition) is 1. The Balaban J connectivity index is 1.73. The lowest BCUT2D eigenvalue weighted by atomic mass is 9.84. The van der Waals surface area contributed by atoms with Crippen LogP contribution < -0.4 is 5.32 Å². The SMILES string of the molecule is Brc1ccccc1NC1CN2CCC1CC2. The fourth-order valence-electron chi connectivity index (χ4n) is 2.91. The molecule has 1 aromatic rings. The molecule has 3 fully saturated rings. The first kappa shape index (κ1) is 10.6. The van der Waals surface area contributed by atoms with Crippen LogP contribution in [-0.2, 0) is 0 Å². The number of nitrogens with one attached hydrogen (secondary N) is 1. The number of para-hydroxylation sites is 1. The predicted octanol–water partition coefficient (Wildman–Crippen LogP) is 2.96. The van der Waals surface area contributed by atoms with Gasteiger partial charge >= 0.3 is 0 Å². The zero-order valence-electron chi connectivity index (χ0n) is 9.32. The minimum atomic E-state index is 0.640. The van der Waals surface area contributed by atoms with Gasteiger partial charge in [0.2, 0.25) is 0 Å². The Morgan fingerprint density at radius 1 is 1.19 bits per heavy atom. The monoisotopic (exact) mass is 280 g/mol. The average Bonchev–Trinajstić information content (AvgIpc) is 2.34. The van der Waals surface area contributed by atoms with Gasteiger partial charge in [-0.05, 0) is 59.9 Å². The van der Waals surface area contributed by atoms with E-state index in [-0.39, 0.29) is 0 Å². The Hall–Kier alpha value is -0.540. The van der Waals surface area contributed by atoms with E-state index in [2.05, 4.69) is 50.4 Å². The molecule has 0 aliphatic carbocycles. The van der Waals surface area contributed by atoms with E-state index in [1.165, 1.54) is 42.6 Å². The summed E-state index contributed by atoms with van der Waals surface area (Å²) in [6.45, 7) is 3.82. The summed E-state index contributed by atoms with van der Waals surface area (Å²) in [6, 6.07) is 9.05. The highest BCUT2D eigenvalue weighted by molar-refractivity contribution is 9.10. The van der Waals surface area contributed by atoms with Crippen LogP contribution in [0.5, 0.6) is 0 Å². The van der Waals surface area contributed by atoms with Crippen LogP contribution in [0.4, 0.5) is 5.69 Å². The molecule has 2 nitrogen and oxygen atoms in total. The fourth-order valence-corrected chi connectivity index (χ4v) is 3.31. The van der Waals surface area contributed by atoms with E-state index in [1.807, 2.05) is 0 Å². The van der Waals surface area contributed by atoms with Gasteiger partial charge in [-0.25, -0.2) is 0 Å². The molecule has 3 heterocycles. The molecule has 1 aromatic carbocycles. The lowest BCUT2D eigenvalue weighted by molar-refractivity contribution is 0.0975. The first-order valence-corrected chi connectivity index (χ1v) is 6.85. The highest BCUT2D eigenvalue weighted by atomic mass is 79.9. The molecule has 0 spiro atoms. The summed E-state index contributed by atoms with van der Waals surface area (Å²) in [5.41, 5.74) is 1.24. The van der Waals surface area contributed by atoms with Gasteiger partial charge in [0, 0.05) is 22.7 Å². The summed E-state index contributed by atoms with van der Waals surface area (Å²) in [5.74, 6) is 0.872. The highest BCUT2D eigenvalue weighted by Gasteiger charge is 2.33. The third-order valence-electron chi connectivity index (χ3n) is 3.87. The first-order valence-electron chi connectivity index (χ1n) is 6.06. The molecule has 3 heteroatoms. The molecule has 0 saturated carbocycles. The van der Waals surface area contributed by atoms with Crippen LogP contribution in [0.15, 0.2) is 28.7 Å². The highest BCUT2D eigenvalue weighted by Crippen LogP contribution is 2.31. The largest absolute Gasteiger partial charge is 0.380 e. The molecule has 1 N–H and O–H groups in total. The van der Waals surface area contributed by atoms with E-state index in [0.29, 0.717) is 6.04 Å². The van der Waals surface area contributed by atoms with Crippen LogP contribution >= 0.6 is 15.9 Å². The van der Waals surface area contributed by atoms with Crippen LogP contribution in [0.2, 0.25) is 0 Å². The van der Waals surface area contributed by atoms with Crippen molar-refractivity contribution in [1.82, 2.24) is 4.90 Å². The number of halogens is 1. The average molecular weight is 281 g/mol. The third-order valence-corrected chi connectivity index (χ3v) is 4.56. The molecule has 2 bridgehead atoms. The minimum Gasteiger partial charge on any atom is -0.380 e. The minimum absolute atomic E-state index is 0.640. The molecule has 1 atom stereocenters. The number of rotatable bonds is 2. The molecule has 4 rings (SSSR count). The second-order valence-corrected chi connectivity index (χ2v) is 5.72. The Morgan fingerprint density at radius 2 is 1.94 bits per heavy atom. The summed E-state index contributed by atoms with van der Waals surface area (Å²) < 4.78 is 1.17. The van der Waals surface area contributed by atoms with Crippen LogP contribution in [0.3, 0.4) is 0 Å². The van der Waals surface area contributed by atoms with E-state index in [1.54, 1.807) is 0 Å². The quantitative estimate of drug-likeness (QED) is 0.896. The van der Waals surface area contributed by atoms with Crippen molar-refractivity contribution in [2.45, 2.75) is 18.9 Å². The van der Waals surface area contributed by atoms with Gasteiger partial charge in [-0.15, -0.1) is 0 Å². The maximum atomic E-state index is 3.69. The molecule has 0 aromatic heterocycles. The Kier molecular flexibility index (Phi) is 2.90. The second kappa shape index (κ2) is 4.38. The Bertz CT molecular complexity index is 372. The number of benzene rings is 1. The molecule has 0 radical (unpaired) electrons. The second-order valence-electron chi connectivity index (χ2n) is 4.87. The predicted molar refractivity (Wildman–Crippen MR) is 70.7 cm³/mol. The maximum absolute atomic E-state index is 3.69. The van der Waals surface area contributed by atoms with Crippen molar-refractivity contribution in [1.29, 1.82) is 0 Å². The number of anilines is 1. The fraction of sp³-hybridized carbons (Fsp3) is 0.538. The van der Waals surface area contributed by atoms with E-state index < -0.39 is 0 Å². The summed E-state index contributed by atoms with van der Waals surface area (Å²) in [7, 11) is 0. The van der Waals surface area contributed by atoms with Gasteiger partial charge in [0.1, 0.15) is 0 Å². The van der Waals surface area contributed by atoms with Crippen LogP contribution in [0.25, 0.3) is 0 Å². The number of fused-ring (bicyclic) bond motifs is 3. The van der Waals surface area contributed by atoms with Crippen molar-refractivity contribution < 1.29 is 0 Å². The first-order chi connectivity index (χ1) is 7.83. The van der Waals surface area contributed by atoms with Crippen LogP contribution in [-0.4, -0.2) is 30.6 Å². The lowest BCUT2D eigenvalue weighted by Gasteiger charge is -2.45. The van der Waals surface area contributed by atoms with Gasteiger partial charge in [0.25, 0.3) is 0 Å². The molecule has 3 saturated heterocycles. The van der Waals surface area contributed by atoms with Gasteiger partial charge in [-0.2, -0.15) is 0 Å². The van der Waals surface area contributed by atoms with Crippen LogP contribution in [0.1, 0.15) is 12.8 Å². The van der Waals surface area contributed by atoms with Crippen molar-refractivity contribution in [3.8, 4) is 0 Å². The molecule has 16 heavy (non-hydrogen) atoms. The molecule has 3 aliphatic heterocycles. The van der Waals surface area contributed by atoms with Gasteiger partial charge in [-0.3, -0.25) is 0 Å². The Labute approximate surface area is 105 Å². The molecular formula is C13H17BrN2. The van der Waals surface area contributed by atoms with Crippen molar-refractivity contribution in [2.75, 3.05) is 25.0 Å². The molecular weight excluding hydrogens is 264 g/mol. The summed E-state index contributed by atoms with van der Waals surface area (Å²) in [6.07, 6.45) is 2.73. The van der Waals surface area contributed by atoms with E-state index in [4.69, 9.17) is 0 Å². The lowest BCUT2D eigenvalue weighted by Crippen LogP contribution is -2.53. The smallest absolute Gasteiger partial charge is 0.0487 e. The van der Waals surface area contributed by atoms with Crippen LogP contribution in [0, 0.1) is 5.92 Å². The van der Waals surface area contributed by atoms with Gasteiger partial charge < -0.3 is 10.2 Å². The molecule has 86 valence electrons. The molecule has 3 aliphatic rings. The zero-order chi connectivity index (χ0) is 11.0. The topological polar surface area (TPSA) is 15.3 Å². The Morgan fingerprint density at radius 3 is 2.56 bits per heavy atom. The van der Waals surface area contributed by atoms with Gasteiger partial charge in [0.15, 0.2) is 0 Å². The third kappa shape index (κ3) is 1.98. The van der Waals surface area contributed by atoms with Gasteiger partial charge in [0.05, 0.1) is 0 Å². The van der Waals surface area contributed by atoms with E-state index in [9.17, 15) is 0 Å². The number of hydrogen-bond acceptors (Lipinski definition) is 2. The van der Waals surface area contributed by atoms with Gasteiger partial charge in [-0.1, -0.05) is 12.1 Å². The molecule has 1 unspecified atom stereocenters. The normalized spacial score (nSPS) is 32.7. The van der Waals surface area contributed by atoms with E-state index >= 15 is 0 Å². The number of nitrogens with zero attached hydrogens (tertiary/aromatic N) is 1. The van der Waals surface area contributed by atoms with Crippen molar-refractivity contribution in [3.05, 3.63) is 28.7 Å².